The van der Waals surface area contributed by atoms with Crippen LogP contribution in [0.2, 0.25) is 0 Å². The van der Waals surface area contributed by atoms with Crippen LogP contribution in [0.25, 0.3) is 0 Å². The zero-order chi connectivity index (χ0) is 27.1. The highest BCUT2D eigenvalue weighted by Crippen LogP contribution is 2.40. The molecule has 1 saturated heterocycles. The van der Waals surface area contributed by atoms with Gasteiger partial charge in [-0.1, -0.05) is 36.4 Å². The molecule has 4 rings (SSSR count). The molecule has 1 unspecified atom stereocenters. The Hall–Kier alpha value is -3.37. The third-order valence-corrected chi connectivity index (χ3v) is 7.17. The van der Waals surface area contributed by atoms with E-state index in [-0.39, 0.29) is 24.6 Å². The summed E-state index contributed by atoms with van der Waals surface area (Å²) in [6, 6.07) is 21.9. The van der Waals surface area contributed by atoms with Crippen molar-refractivity contribution in [3.63, 3.8) is 0 Å². The first-order valence-electron chi connectivity index (χ1n) is 12.3. The van der Waals surface area contributed by atoms with Gasteiger partial charge in [0.15, 0.2) is 12.4 Å². The summed E-state index contributed by atoms with van der Waals surface area (Å²) >= 11 is 1.63. The largest absolute Gasteiger partial charge is 0.508 e. The summed E-state index contributed by atoms with van der Waals surface area (Å²) in [6.45, 7) is 2.74. The highest BCUT2D eigenvalue weighted by atomic mass is 32.2. The van der Waals surface area contributed by atoms with Gasteiger partial charge in [0.25, 0.3) is 5.91 Å². The van der Waals surface area contributed by atoms with Crippen molar-refractivity contribution in [2.45, 2.75) is 56.4 Å². The number of aliphatic hydroxyl groups is 1. The van der Waals surface area contributed by atoms with Crippen molar-refractivity contribution in [2.75, 3.05) is 11.1 Å². The molecule has 9 heteroatoms. The number of rotatable bonds is 9. The number of hydrogen-bond acceptors (Lipinski definition) is 8. The van der Waals surface area contributed by atoms with Crippen molar-refractivity contribution in [3.05, 3.63) is 89.5 Å². The van der Waals surface area contributed by atoms with Gasteiger partial charge in [0.2, 0.25) is 0 Å². The molecule has 3 aromatic carbocycles. The molecular formula is C29H31NO7S. The van der Waals surface area contributed by atoms with E-state index in [0.717, 1.165) is 21.6 Å². The topological polar surface area (TPSA) is 114 Å². The maximum atomic E-state index is 12.4. The van der Waals surface area contributed by atoms with Gasteiger partial charge in [0, 0.05) is 35.2 Å². The average Bonchev–Trinajstić information content (AvgIpc) is 2.92. The normalized spacial score (nSPS) is 19.9. The Morgan fingerprint density at radius 2 is 1.79 bits per heavy atom. The molecule has 1 amide bonds. The van der Waals surface area contributed by atoms with Crippen molar-refractivity contribution in [1.82, 2.24) is 0 Å². The number of esters is 1. The van der Waals surface area contributed by atoms with Crippen LogP contribution in [-0.4, -0.2) is 40.1 Å². The molecule has 3 aromatic rings. The van der Waals surface area contributed by atoms with E-state index in [1.807, 2.05) is 42.5 Å². The number of ether oxygens (including phenoxy) is 3. The summed E-state index contributed by atoms with van der Waals surface area (Å²) in [5.41, 5.74) is 3.07. The summed E-state index contributed by atoms with van der Waals surface area (Å²) in [4.78, 5) is 24.6. The van der Waals surface area contributed by atoms with Crippen LogP contribution in [0.3, 0.4) is 0 Å². The third kappa shape index (κ3) is 7.58. The molecular weight excluding hydrogens is 506 g/mol. The molecule has 1 heterocycles. The highest BCUT2D eigenvalue weighted by Gasteiger charge is 2.32. The summed E-state index contributed by atoms with van der Waals surface area (Å²) in [5.74, 6) is -0.0727. The Labute approximate surface area is 225 Å². The first-order chi connectivity index (χ1) is 18.3. The predicted molar refractivity (Wildman–Crippen MR) is 144 cm³/mol. The van der Waals surface area contributed by atoms with Gasteiger partial charge in [-0.25, -0.2) is 0 Å². The minimum absolute atomic E-state index is 0.0297. The number of hydrogen-bond donors (Lipinski definition) is 3. The first-order valence-corrected chi connectivity index (χ1v) is 13.3. The Kier molecular flexibility index (Phi) is 9.41. The summed E-state index contributed by atoms with van der Waals surface area (Å²) in [5, 5.41) is 21.7. The fourth-order valence-corrected chi connectivity index (χ4v) is 4.99. The van der Waals surface area contributed by atoms with Crippen LogP contribution >= 0.6 is 11.8 Å². The van der Waals surface area contributed by atoms with E-state index in [1.165, 1.54) is 13.8 Å². The SMILES string of the molecule is CC(=O)O[C@@H](C)C(=O)Nc1cccc(C2O[C@H](CSc3ccc(O)cc3)C[C@H](c3ccc(CO)cc3)O2)c1. The van der Waals surface area contributed by atoms with Crippen LogP contribution in [0.1, 0.15) is 49.4 Å². The van der Waals surface area contributed by atoms with Crippen molar-refractivity contribution < 1.29 is 34.0 Å². The number of amides is 1. The zero-order valence-corrected chi connectivity index (χ0v) is 22.0. The van der Waals surface area contributed by atoms with Crippen LogP contribution in [0.5, 0.6) is 5.75 Å². The molecule has 0 bridgehead atoms. The van der Waals surface area contributed by atoms with E-state index >= 15 is 0 Å². The zero-order valence-electron chi connectivity index (χ0n) is 21.2. The van der Waals surface area contributed by atoms with E-state index < -0.39 is 24.3 Å². The molecule has 1 fully saturated rings. The van der Waals surface area contributed by atoms with E-state index in [4.69, 9.17) is 14.2 Å². The third-order valence-electron chi connectivity index (χ3n) is 6.03. The second-order valence-corrected chi connectivity index (χ2v) is 10.1. The maximum Gasteiger partial charge on any atom is 0.303 e. The van der Waals surface area contributed by atoms with Crippen LogP contribution in [-0.2, 0) is 30.4 Å². The Bertz CT molecular complexity index is 1230. The molecule has 1 aliphatic heterocycles. The molecule has 3 N–H and O–H groups in total. The van der Waals surface area contributed by atoms with E-state index in [0.29, 0.717) is 17.9 Å². The molecule has 200 valence electrons. The number of aromatic hydroxyl groups is 1. The minimum Gasteiger partial charge on any atom is -0.508 e. The molecule has 38 heavy (non-hydrogen) atoms. The average molecular weight is 538 g/mol. The van der Waals surface area contributed by atoms with E-state index in [2.05, 4.69) is 5.32 Å². The molecule has 4 atom stereocenters. The summed E-state index contributed by atoms with van der Waals surface area (Å²) < 4.78 is 17.7. The number of phenols is 1. The highest BCUT2D eigenvalue weighted by molar-refractivity contribution is 7.99. The van der Waals surface area contributed by atoms with Gasteiger partial charge >= 0.3 is 5.97 Å². The monoisotopic (exact) mass is 537 g/mol. The molecule has 0 radical (unpaired) electrons. The number of phenolic OH excluding ortho intramolecular Hbond substituents is 1. The Balaban J connectivity index is 1.52. The lowest BCUT2D eigenvalue weighted by atomic mass is 10.0. The minimum atomic E-state index is -0.925. The van der Waals surface area contributed by atoms with Crippen LogP contribution < -0.4 is 5.32 Å². The molecule has 0 spiro atoms. The second-order valence-electron chi connectivity index (χ2n) is 9.02. The fourth-order valence-electron chi connectivity index (χ4n) is 4.06. The standard InChI is InChI=1S/C29H31NO7S/c1-18(35-19(2)32)28(34)30-23-5-3-4-22(14-23)29-36-25(17-38-26-12-10-24(33)11-13-26)15-27(37-29)21-8-6-20(16-31)7-9-21/h3-14,18,25,27,29,31,33H,15-17H2,1-2H3,(H,30,34)/t18-,25-,27+,29?/m0/s1. The number of benzene rings is 3. The molecule has 1 aliphatic rings. The Morgan fingerprint density at radius 3 is 2.47 bits per heavy atom. The fraction of sp³-hybridized carbons (Fsp3) is 0.310. The van der Waals surface area contributed by atoms with Crippen molar-refractivity contribution in [3.8, 4) is 5.75 Å². The second kappa shape index (κ2) is 12.9. The lowest BCUT2D eigenvalue weighted by Gasteiger charge is -2.36. The van der Waals surface area contributed by atoms with Gasteiger partial charge in [-0.15, -0.1) is 11.8 Å². The summed E-state index contributed by atoms with van der Waals surface area (Å²) in [7, 11) is 0. The number of carbonyl (C=O) groups is 2. The quantitative estimate of drug-likeness (QED) is 0.255. The first kappa shape index (κ1) is 27.7. The number of anilines is 1. The number of aliphatic hydroxyl groups excluding tert-OH is 1. The van der Waals surface area contributed by atoms with Gasteiger partial charge in [0.05, 0.1) is 18.8 Å². The van der Waals surface area contributed by atoms with Crippen LogP contribution in [0, 0.1) is 0 Å². The van der Waals surface area contributed by atoms with Gasteiger partial charge in [0.1, 0.15) is 5.75 Å². The Morgan fingerprint density at radius 1 is 1.05 bits per heavy atom. The van der Waals surface area contributed by atoms with Gasteiger partial charge in [-0.2, -0.15) is 0 Å². The predicted octanol–water partition coefficient (Wildman–Crippen LogP) is 5.11. The van der Waals surface area contributed by atoms with Crippen molar-refractivity contribution in [2.24, 2.45) is 0 Å². The molecule has 8 nitrogen and oxygen atoms in total. The smallest absolute Gasteiger partial charge is 0.303 e. The molecule has 0 aromatic heterocycles. The van der Waals surface area contributed by atoms with Crippen molar-refractivity contribution >= 4 is 29.3 Å². The molecule has 0 aliphatic carbocycles. The van der Waals surface area contributed by atoms with Gasteiger partial charge in [-0.3, -0.25) is 9.59 Å². The van der Waals surface area contributed by atoms with Crippen LogP contribution in [0.15, 0.2) is 77.7 Å². The van der Waals surface area contributed by atoms with E-state index in [1.54, 1.807) is 42.1 Å². The lowest BCUT2D eigenvalue weighted by Crippen LogP contribution is -2.31. The number of carbonyl (C=O) groups excluding carboxylic acids is 2. The van der Waals surface area contributed by atoms with Crippen LogP contribution in [0.4, 0.5) is 5.69 Å². The maximum absolute atomic E-state index is 12.4. The molecule has 0 saturated carbocycles. The summed E-state index contributed by atoms with van der Waals surface area (Å²) in [6.07, 6.45) is -1.35. The van der Waals surface area contributed by atoms with E-state index in [9.17, 15) is 19.8 Å². The lowest BCUT2D eigenvalue weighted by molar-refractivity contribution is -0.245. The number of thioether (sulfide) groups is 1. The van der Waals surface area contributed by atoms with Crippen molar-refractivity contribution in [1.29, 1.82) is 0 Å². The van der Waals surface area contributed by atoms with Gasteiger partial charge < -0.3 is 29.7 Å². The number of nitrogens with one attached hydrogen (secondary N) is 1. The van der Waals surface area contributed by atoms with Gasteiger partial charge in [-0.05, 0) is 54.4 Å².